The Kier molecular flexibility index (Phi) is 7.43. The van der Waals surface area contributed by atoms with Gasteiger partial charge in [0.15, 0.2) is 17.1 Å². The summed E-state index contributed by atoms with van der Waals surface area (Å²) in [6.45, 7) is 1.29. The SMILES string of the molecule is COc1ccc(S(=O)(=O)N2CCCC(CNc3cc(-c4ccccc4O)nc4c(Br)cnn34)C2)cc1ON. The number of fused-ring (bicyclic) bond motifs is 1. The van der Waals surface area contributed by atoms with Gasteiger partial charge in [-0.2, -0.15) is 19.8 Å². The second-order valence-electron chi connectivity index (χ2n) is 8.95. The summed E-state index contributed by atoms with van der Waals surface area (Å²) in [6.07, 6.45) is 3.25. The van der Waals surface area contributed by atoms with Gasteiger partial charge in [-0.15, -0.1) is 0 Å². The van der Waals surface area contributed by atoms with Crippen LogP contribution < -0.4 is 20.8 Å². The average molecular weight is 603 g/mol. The Bertz CT molecular complexity index is 1580. The fourth-order valence-electron chi connectivity index (χ4n) is 4.61. The van der Waals surface area contributed by atoms with E-state index in [-0.39, 0.29) is 22.3 Å². The maximum absolute atomic E-state index is 13.4. The first kappa shape index (κ1) is 26.2. The lowest BCUT2D eigenvalue weighted by molar-refractivity contribution is 0.274. The molecule has 0 saturated carbocycles. The smallest absolute Gasteiger partial charge is 0.243 e. The minimum atomic E-state index is -3.76. The molecule has 4 N–H and O–H groups in total. The molecule has 0 spiro atoms. The number of ether oxygens (including phenoxy) is 1. The van der Waals surface area contributed by atoms with Crippen molar-refractivity contribution in [1.82, 2.24) is 18.9 Å². The largest absolute Gasteiger partial charge is 0.507 e. The number of nitrogens with one attached hydrogen (secondary N) is 1. The highest BCUT2D eigenvalue weighted by molar-refractivity contribution is 9.10. The van der Waals surface area contributed by atoms with E-state index in [1.807, 2.05) is 12.1 Å². The molecule has 1 aliphatic rings. The van der Waals surface area contributed by atoms with Crippen molar-refractivity contribution in [2.75, 3.05) is 32.1 Å². The molecule has 0 aliphatic carbocycles. The first-order valence-corrected chi connectivity index (χ1v) is 14.2. The van der Waals surface area contributed by atoms with Gasteiger partial charge in [0.05, 0.1) is 28.4 Å². The van der Waals surface area contributed by atoms with Gasteiger partial charge in [0.2, 0.25) is 10.0 Å². The van der Waals surface area contributed by atoms with E-state index in [1.54, 1.807) is 28.9 Å². The van der Waals surface area contributed by atoms with Crippen molar-refractivity contribution in [2.24, 2.45) is 11.8 Å². The fourth-order valence-corrected chi connectivity index (χ4v) is 6.53. The molecule has 2 aromatic heterocycles. The quantitative estimate of drug-likeness (QED) is 0.257. The second kappa shape index (κ2) is 10.8. The van der Waals surface area contributed by atoms with Crippen molar-refractivity contribution >= 4 is 37.4 Å². The van der Waals surface area contributed by atoms with Crippen LogP contribution in [0.3, 0.4) is 0 Å². The summed E-state index contributed by atoms with van der Waals surface area (Å²) >= 11 is 3.49. The van der Waals surface area contributed by atoms with Gasteiger partial charge in [0.25, 0.3) is 0 Å². The number of phenolic OH excluding ortho intramolecular Hbond substituents is 1. The molecular formula is C25H27BrN6O5S. The molecule has 1 atom stereocenters. The average Bonchev–Trinajstić information content (AvgIpc) is 3.32. The van der Waals surface area contributed by atoms with E-state index >= 15 is 0 Å². The monoisotopic (exact) mass is 602 g/mol. The molecule has 4 aromatic rings. The third-order valence-electron chi connectivity index (χ3n) is 6.56. The zero-order valence-electron chi connectivity index (χ0n) is 20.5. The van der Waals surface area contributed by atoms with Crippen LogP contribution in [-0.2, 0) is 10.0 Å². The number of para-hydroxylation sites is 1. The van der Waals surface area contributed by atoms with Gasteiger partial charge in [0, 0.05) is 37.3 Å². The Hall–Kier alpha value is -3.39. The predicted octanol–water partition coefficient (Wildman–Crippen LogP) is 3.64. The number of hydrogen-bond donors (Lipinski definition) is 3. The van der Waals surface area contributed by atoms with Crippen LogP contribution in [0.5, 0.6) is 17.2 Å². The number of halogens is 1. The molecule has 11 nitrogen and oxygen atoms in total. The fraction of sp³-hybridized carbons (Fsp3) is 0.280. The number of benzene rings is 2. The van der Waals surface area contributed by atoms with Gasteiger partial charge in [-0.1, -0.05) is 12.1 Å². The highest BCUT2D eigenvalue weighted by atomic mass is 79.9. The lowest BCUT2D eigenvalue weighted by Crippen LogP contribution is -2.41. The maximum atomic E-state index is 13.4. The van der Waals surface area contributed by atoms with Gasteiger partial charge in [0.1, 0.15) is 11.6 Å². The molecule has 1 aliphatic heterocycles. The molecule has 1 saturated heterocycles. The number of nitrogens with two attached hydrogens (primary N) is 1. The summed E-state index contributed by atoms with van der Waals surface area (Å²) in [5.41, 5.74) is 1.78. The normalized spacial score (nSPS) is 16.4. The number of phenols is 1. The van der Waals surface area contributed by atoms with Gasteiger partial charge in [-0.25, -0.2) is 13.4 Å². The Morgan fingerprint density at radius 3 is 2.79 bits per heavy atom. The lowest BCUT2D eigenvalue weighted by Gasteiger charge is -2.32. The molecule has 13 heteroatoms. The third-order valence-corrected chi connectivity index (χ3v) is 8.98. The van der Waals surface area contributed by atoms with Crippen LogP contribution in [0.2, 0.25) is 0 Å². The highest BCUT2D eigenvalue weighted by Gasteiger charge is 2.31. The number of aromatic hydroxyl groups is 1. The lowest BCUT2D eigenvalue weighted by atomic mass is 10.00. The number of anilines is 1. The Morgan fingerprint density at radius 2 is 2.03 bits per heavy atom. The zero-order valence-corrected chi connectivity index (χ0v) is 22.9. The molecular weight excluding hydrogens is 576 g/mol. The molecule has 1 fully saturated rings. The first-order valence-electron chi connectivity index (χ1n) is 11.9. The van der Waals surface area contributed by atoms with E-state index in [9.17, 15) is 13.5 Å². The van der Waals surface area contributed by atoms with E-state index in [2.05, 4.69) is 31.3 Å². The third kappa shape index (κ3) is 5.01. The standard InChI is InChI=1S/C25H27BrN6O5S/c1-36-22-9-8-17(11-23(22)37-27)38(34,35)31-10-4-5-16(15-31)13-28-24-12-20(18-6-2-3-7-21(18)33)30-25-19(26)14-29-32(24)25/h2-3,6-9,11-12,14,16,28,33H,4-5,10,13,15,27H2,1H3. The van der Waals surface area contributed by atoms with Crippen LogP contribution in [0.15, 0.2) is 64.1 Å². The summed E-state index contributed by atoms with van der Waals surface area (Å²) in [6, 6.07) is 13.2. The second-order valence-corrected chi connectivity index (χ2v) is 11.7. The molecule has 1 unspecified atom stereocenters. The van der Waals surface area contributed by atoms with Crippen LogP contribution in [0.4, 0.5) is 5.82 Å². The zero-order chi connectivity index (χ0) is 26.9. The van der Waals surface area contributed by atoms with Crippen LogP contribution in [-0.4, -0.2) is 59.2 Å². The maximum Gasteiger partial charge on any atom is 0.243 e. The minimum Gasteiger partial charge on any atom is -0.507 e. The number of aromatic nitrogens is 3. The van der Waals surface area contributed by atoms with Crippen molar-refractivity contribution in [3.8, 4) is 28.5 Å². The van der Waals surface area contributed by atoms with E-state index < -0.39 is 10.0 Å². The van der Waals surface area contributed by atoms with Crippen molar-refractivity contribution in [2.45, 2.75) is 17.7 Å². The molecule has 3 heterocycles. The van der Waals surface area contributed by atoms with E-state index in [1.165, 1.54) is 29.6 Å². The summed E-state index contributed by atoms with van der Waals surface area (Å²) in [4.78, 5) is 9.56. The van der Waals surface area contributed by atoms with E-state index in [4.69, 9.17) is 15.5 Å². The molecule has 0 radical (unpaired) electrons. The number of methoxy groups -OCH3 is 1. The predicted molar refractivity (Wildman–Crippen MR) is 146 cm³/mol. The number of nitrogens with zero attached hydrogens (tertiary/aromatic N) is 4. The molecule has 0 amide bonds. The summed E-state index contributed by atoms with van der Waals surface area (Å²) in [5.74, 6) is 6.66. The minimum absolute atomic E-state index is 0.0535. The van der Waals surface area contributed by atoms with Crippen molar-refractivity contribution in [1.29, 1.82) is 0 Å². The van der Waals surface area contributed by atoms with Crippen molar-refractivity contribution in [3.63, 3.8) is 0 Å². The molecule has 200 valence electrons. The first-order chi connectivity index (χ1) is 18.3. The summed E-state index contributed by atoms with van der Waals surface area (Å²) < 4.78 is 35.9. The van der Waals surface area contributed by atoms with Gasteiger partial charge in [-0.05, 0) is 59.0 Å². The number of sulfonamides is 1. The Balaban J connectivity index is 1.36. The van der Waals surface area contributed by atoms with Crippen molar-refractivity contribution in [3.05, 3.63) is 59.2 Å². The van der Waals surface area contributed by atoms with Crippen LogP contribution in [0.25, 0.3) is 16.9 Å². The van der Waals surface area contributed by atoms with E-state index in [0.717, 1.165) is 12.8 Å². The van der Waals surface area contributed by atoms with Crippen LogP contribution in [0, 0.1) is 5.92 Å². The van der Waals surface area contributed by atoms with Gasteiger partial charge < -0.3 is 20.0 Å². The number of hydrogen-bond acceptors (Lipinski definition) is 9. The van der Waals surface area contributed by atoms with Gasteiger partial charge in [-0.3, -0.25) is 0 Å². The number of piperidine rings is 1. The van der Waals surface area contributed by atoms with Crippen LogP contribution >= 0.6 is 15.9 Å². The van der Waals surface area contributed by atoms with Crippen molar-refractivity contribution < 1.29 is 23.1 Å². The Morgan fingerprint density at radius 1 is 1.21 bits per heavy atom. The van der Waals surface area contributed by atoms with Gasteiger partial charge >= 0.3 is 0 Å². The summed E-state index contributed by atoms with van der Waals surface area (Å²) in [5, 5.41) is 18.2. The Labute approximate surface area is 228 Å². The number of rotatable bonds is 8. The topological polar surface area (TPSA) is 144 Å². The molecule has 2 aromatic carbocycles. The molecule has 0 bridgehead atoms. The van der Waals surface area contributed by atoms with Crippen LogP contribution in [0.1, 0.15) is 12.8 Å². The summed E-state index contributed by atoms with van der Waals surface area (Å²) in [7, 11) is -2.30. The molecule has 38 heavy (non-hydrogen) atoms. The molecule has 5 rings (SSSR count). The van der Waals surface area contributed by atoms with E-state index in [0.29, 0.717) is 52.6 Å². The highest BCUT2D eigenvalue weighted by Crippen LogP contribution is 2.33.